The summed E-state index contributed by atoms with van der Waals surface area (Å²) in [4.78, 5) is 15.0. The number of ketones is 1. The first-order valence-corrected chi connectivity index (χ1v) is 12.2. The van der Waals surface area contributed by atoms with Crippen LogP contribution in [0.1, 0.15) is 21.5 Å². The molecule has 3 aromatic carbocycles. The molecule has 0 spiro atoms. The average molecular weight is 533 g/mol. The van der Waals surface area contributed by atoms with Gasteiger partial charge in [-0.15, -0.1) is 0 Å². The fraction of sp³-hybridized carbons (Fsp3) is 0.222. The highest BCUT2D eigenvalue weighted by Gasteiger charge is 2.12. The van der Waals surface area contributed by atoms with Crippen LogP contribution >= 0.6 is 34.8 Å². The van der Waals surface area contributed by atoms with Gasteiger partial charge in [0.1, 0.15) is 18.1 Å². The predicted octanol–water partition coefficient (Wildman–Crippen LogP) is 6.97. The van der Waals surface area contributed by atoms with Crippen molar-refractivity contribution in [3.05, 3.63) is 92.4 Å². The molecule has 1 fully saturated rings. The van der Waals surface area contributed by atoms with Crippen molar-refractivity contribution in [1.29, 1.82) is 0 Å². The van der Waals surface area contributed by atoms with Gasteiger partial charge in [0.05, 0.1) is 35.4 Å². The summed E-state index contributed by atoms with van der Waals surface area (Å²) in [6.45, 7) is 3.35. The van der Waals surface area contributed by atoms with E-state index in [0.29, 0.717) is 32.1 Å². The highest BCUT2D eigenvalue weighted by Crippen LogP contribution is 2.35. The Morgan fingerprint density at radius 1 is 0.943 bits per heavy atom. The molecule has 0 N–H and O–H groups in total. The van der Waals surface area contributed by atoms with Gasteiger partial charge in [-0.25, -0.2) is 0 Å². The Morgan fingerprint density at radius 2 is 1.66 bits per heavy atom. The summed E-state index contributed by atoms with van der Waals surface area (Å²) >= 11 is 18.3. The number of methoxy groups -OCH3 is 1. The minimum absolute atomic E-state index is 0.0743. The number of nitrogens with zero attached hydrogens (tertiary/aromatic N) is 1. The maximum atomic E-state index is 12.7. The molecule has 0 aromatic heterocycles. The zero-order chi connectivity index (χ0) is 24.8. The number of carbonyl (C=O) groups excluding carboxylic acids is 1. The number of hydrogen-bond donors (Lipinski definition) is 0. The van der Waals surface area contributed by atoms with Gasteiger partial charge in [0.15, 0.2) is 5.78 Å². The zero-order valence-corrected chi connectivity index (χ0v) is 21.4. The summed E-state index contributed by atoms with van der Waals surface area (Å²) in [5.41, 5.74) is 3.35. The molecule has 182 valence electrons. The number of anilines is 1. The molecule has 35 heavy (non-hydrogen) atoms. The average Bonchev–Trinajstić information content (AvgIpc) is 2.89. The van der Waals surface area contributed by atoms with E-state index in [-0.39, 0.29) is 12.4 Å². The normalized spacial score (nSPS) is 13.8. The SMILES string of the molecule is COc1ccc(/C=C/C(=O)c2ccc(N3CCOCC3)cc2)cc1COc1cc(Cl)c(Cl)cc1Cl. The Balaban J connectivity index is 1.44. The van der Waals surface area contributed by atoms with E-state index in [1.165, 1.54) is 6.07 Å². The first kappa shape index (κ1) is 25.4. The highest BCUT2D eigenvalue weighted by molar-refractivity contribution is 6.43. The van der Waals surface area contributed by atoms with Crippen molar-refractivity contribution in [2.24, 2.45) is 0 Å². The number of hydrogen-bond acceptors (Lipinski definition) is 5. The molecular formula is C27H24Cl3NO4. The molecule has 0 saturated carbocycles. The van der Waals surface area contributed by atoms with Gasteiger partial charge in [-0.2, -0.15) is 0 Å². The topological polar surface area (TPSA) is 48.0 Å². The second-order valence-electron chi connectivity index (χ2n) is 7.90. The molecule has 0 aliphatic carbocycles. The van der Waals surface area contributed by atoms with E-state index in [1.54, 1.807) is 25.3 Å². The van der Waals surface area contributed by atoms with Crippen LogP contribution in [0.15, 0.2) is 60.7 Å². The Labute approximate surface area is 219 Å². The van der Waals surface area contributed by atoms with Gasteiger partial charge in [0.2, 0.25) is 0 Å². The van der Waals surface area contributed by atoms with Gasteiger partial charge in [-0.05, 0) is 54.1 Å². The van der Waals surface area contributed by atoms with Crippen LogP contribution in [-0.4, -0.2) is 39.2 Å². The monoisotopic (exact) mass is 531 g/mol. The molecule has 1 heterocycles. The Hall–Kier alpha value is -2.70. The molecule has 0 bridgehead atoms. The van der Waals surface area contributed by atoms with E-state index in [9.17, 15) is 4.79 Å². The van der Waals surface area contributed by atoms with Crippen molar-refractivity contribution in [2.75, 3.05) is 38.3 Å². The van der Waals surface area contributed by atoms with E-state index in [2.05, 4.69) is 4.90 Å². The summed E-state index contributed by atoms with van der Waals surface area (Å²) in [6.07, 6.45) is 3.33. The summed E-state index contributed by atoms with van der Waals surface area (Å²) in [6, 6.07) is 16.4. The molecule has 0 atom stereocenters. The van der Waals surface area contributed by atoms with Crippen molar-refractivity contribution in [3.8, 4) is 11.5 Å². The van der Waals surface area contributed by atoms with Crippen molar-refractivity contribution in [1.82, 2.24) is 0 Å². The summed E-state index contributed by atoms with van der Waals surface area (Å²) in [5.74, 6) is 0.998. The molecule has 0 amide bonds. The molecule has 1 saturated heterocycles. The molecule has 1 aliphatic heterocycles. The lowest BCUT2D eigenvalue weighted by atomic mass is 10.1. The molecule has 1 aliphatic rings. The first-order valence-electron chi connectivity index (χ1n) is 11.0. The van der Waals surface area contributed by atoms with Crippen molar-refractivity contribution in [2.45, 2.75) is 6.61 Å². The molecule has 4 rings (SSSR count). The Bertz CT molecular complexity index is 1220. The maximum absolute atomic E-state index is 12.7. The van der Waals surface area contributed by atoms with Crippen LogP contribution in [0, 0.1) is 0 Å². The Morgan fingerprint density at radius 3 is 2.37 bits per heavy atom. The lowest BCUT2D eigenvalue weighted by Gasteiger charge is -2.28. The van der Waals surface area contributed by atoms with E-state index in [4.69, 9.17) is 49.0 Å². The third-order valence-corrected chi connectivity index (χ3v) is 6.64. The van der Waals surface area contributed by atoms with Crippen LogP contribution in [0.2, 0.25) is 15.1 Å². The number of ether oxygens (including phenoxy) is 3. The number of rotatable bonds is 8. The number of allylic oxidation sites excluding steroid dienone is 1. The van der Waals surface area contributed by atoms with E-state index < -0.39 is 0 Å². The number of benzene rings is 3. The number of halogens is 3. The highest BCUT2D eigenvalue weighted by atomic mass is 35.5. The van der Waals surface area contributed by atoms with Gasteiger partial charge in [0.25, 0.3) is 0 Å². The summed E-state index contributed by atoms with van der Waals surface area (Å²) < 4.78 is 16.7. The lowest BCUT2D eigenvalue weighted by Crippen LogP contribution is -2.36. The van der Waals surface area contributed by atoms with Crippen LogP contribution in [0.25, 0.3) is 6.08 Å². The van der Waals surface area contributed by atoms with Crippen LogP contribution in [-0.2, 0) is 11.3 Å². The fourth-order valence-electron chi connectivity index (χ4n) is 3.71. The minimum Gasteiger partial charge on any atom is -0.496 e. The molecule has 8 heteroatoms. The standard InChI is InChI=1S/C27H24Cl3NO4/c1-33-26-9-3-18(14-20(26)17-35-27-16-23(29)22(28)15-24(27)30)2-8-25(32)19-4-6-21(7-5-19)31-10-12-34-13-11-31/h2-9,14-16H,10-13,17H2,1H3/b8-2+. The van der Waals surface area contributed by atoms with Gasteiger partial charge in [0, 0.05) is 36.0 Å². The molecular weight excluding hydrogens is 509 g/mol. The van der Waals surface area contributed by atoms with E-state index >= 15 is 0 Å². The van der Waals surface area contributed by atoms with Gasteiger partial charge >= 0.3 is 0 Å². The van der Waals surface area contributed by atoms with Crippen molar-refractivity contribution >= 4 is 52.3 Å². The van der Waals surface area contributed by atoms with Gasteiger partial charge in [-0.1, -0.05) is 46.9 Å². The third kappa shape index (κ3) is 6.50. The smallest absolute Gasteiger partial charge is 0.185 e. The van der Waals surface area contributed by atoms with Crippen molar-refractivity contribution < 1.29 is 19.0 Å². The van der Waals surface area contributed by atoms with Crippen LogP contribution in [0.3, 0.4) is 0 Å². The van der Waals surface area contributed by atoms with Gasteiger partial charge < -0.3 is 19.1 Å². The first-order chi connectivity index (χ1) is 16.9. The number of carbonyl (C=O) groups is 1. The largest absolute Gasteiger partial charge is 0.496 e. The second-order valence-corrected chi connectivity index (χ2v) is 9.12. The van der Waals surface area contributed by atoms with Gasteiger partial charge in [-0.3, -0.25) is 4.79 Å². The number of morpholine rings is 1. The molecule has 0 unspecified atom stereocenters. The van der Waals surface area contributed by atoms with E-state index in [1.807, 2.05) is 42.5 Å². The second kappa shape index (κ2) is 11.8. The van der Waals surface area contributed by atoms with Crippen molar-refractivity contribution in [3.63, 3.8) is 0 Å². The summed E-state index contributed by atoms with van der Waals surface area (Å²) in [5, 5.41) is 1.07. The summed E-state index contributed by atoms with van der Waals surface area (Å²) in [7, 11) is 1.59. The molecule has 3 aromatic rings. The third-order valence-electron chi connectivity index (χ3n) is 5.62. The van der Waals surface area contributed by atoms with Crippen LogP contribution in [0.4, 0.5) is 5.69 Å². The predicted molar refractivity (Wildman–Crippen MR) is 142 cm³/mol. The van der Waals surface area contributed by atoms with Crippen LogP contribution in [0.5, 0.6) is 11.5 Å². The fourth-order valence-corrected chi connectivity index (χ4v) is 4.30. The minimum atomic E-state index is -0.0743. The molecule has 0 radical (unpaired) electrons. The lowest BCUT2D eigenvalue weighted by molar-refractivity contribution is 0.104. The Kier molecular flexibility index (Phi) is 8.58. The van der Waals surface area contributed by atoms with E-state index in [0.717, 1.165) is 43.1 Å². The maximum Gasteiger partial charge on any atom is 0.185 e. The molecule has 5 nitrogen and oxygen atoms in total. The van der Waals surface area contributed by atoms with Crippen LogP contribution < -0.4 is 14.4 Å². The zero-order valence-electron chi connectivity index (χ0n) is 19.1. The quantitative estimate of drug-likeness (QED) is 0.178.